The van der Waals surface area contributed by atoms with Gasteiger partial charge in [-0.1, -0.05) is 12.8 Å². The zero-order chi connectivity index (χ0) is 11.9. The minimum atomic E-state index is -0.139. The summed E-state index contributed by atoms with van der Waals surface area (Å²) in [6.45, 7) is 0.823. The van der Waals surface area contributed by atoms with E-state index < -0.39 is 0 Å². The summed E-state index contributed by atoms with van der Waals surface area (Å²) in [7, 11) is 0. The van der Waals surface area contributed by atoms with Gasteiger partial charge < -0.3 is 0 Å². The van der Waals surface area contributed by atoms with Crippen molar-refractivity contribution in [2.45, 2.75) is 69.5 Å². The first kappa shape index (κ1) is 11.9. The van der Waals surface area contributed by atoms with E-state index in [0.717, 1.165) is 38.6 Å². The van der Waals surface area contributed by atoms with Crippen molar-refractivity contribution in [3.05, 3.63) is 0 Å². The molecule has 0 aliphatic carbocycles. The van der Waals surface area contributed by atoms with Crippen LogP contribution in [0.15, 0.2) is 0 Å². The van der Waals surface area contributed by atoms with Crippen molar-refractivity contribution in [1.82, 2.24) is 5.32 Å². The van der Waals surface area contributed by atoms with E-state index in [2.05, 4.69) is 5.32 Å². The van der Waals surface area contributed by atoms with Crippen LogP contribution in [0.25, 0.3) is 0 Å². The SMILES string of the molecule is O=C1C2CCCCCC3(CCCCC[N+]13Cl)N2. The number of halogens is 1. The van der Waals surface area contributed by atoms with Crippen LogP contribution >= 0.6 is 11.8 Å². The molecule has 96 valence electrons. The molecule has 3 heterocycles. The lowest BCUT2D eigenvalue weighted by Crippen LogP contribution is -2.60. The van der Waals surface area contributed by atoms with Crippen molar-refractivity contribution in [1.29, 1.82) is 0 Å². The highest BCUT2D eigenvalue weighted by Crippen LogP contribution is 2.45. The van der Waals surface area contributed by atoms with Gasteiger partial charge in [-0.25, -0.2) is 10.1 Å². The molecule has 0 saturated carbocycles. The van der Waals surface area contributed by atoms with Crippen LogP contribution < -0.4 is 5.32 Å². The standard InChI is InChI=1S/C13H22ClN2O/c14-16-10-6-2-5-9-13(16)8-4-1-3-7-11(15-13)12(16)17/h11,15H,1-10H2/q+1. The second-order valence-corrected chi connectivity index (χ2v) is 6.49. The Morgan fingerprint density at radius 2 is 1.82 bits per heavy atom. The molecule has 3 saturated heterocycles. The highest BCUT2D eigenvalue weighted by atomic mass is 35.5. The smallest absolute Gasteiger partial charge is 0.248 e. The van der Waals surface area contributed by atoms with Gasteiger partial charge in [-0.05, 0) is 32.1 Å². The third-order valence-electron chi connectivity index (χ3n) is 4.91. The number of fused-ring (bicyclic) bond motifs is 1. The summed E-state index contributed by atoms with van der Waals surface area (Å²) >= 11 is 6.79. The van der Waals surface area contributed by atoms with Crippen LogP contribution in [0.3, 0.4) is 0 Å². The molecule has 1 amide bonds. The molecule has 3 nitrogen and oxygen atoms in total. The van der Waals surface area contributed by atoms with Gasteiger partial charge in [0, 0.05) is 12.8 Å². The fourth-order valence-corrected chi connectivity index (χ4v) is 4.41. The zero-order valence-corrected chi connectivity index (χ0v) is 11.1. The van der Waals surface area contributed by atoms with Crippen LogP contribution in [0.1, 0.15) is 57.8 Å². The van der Waals surface area contributed by atoms with E-state index in [9.17, 15) is 4.79 Å². The van der Waals surface area contributed by atoms with Crippen molar-refractivity contribution in [3.63, 3.8) is 0 Å². The van der Waals surface area contributed by atoms with E-state index in [-0.39, 0.29) is 21.6 Å². The second kappa shape index (κ2) is 4.22. The second-order valence-electron chi connectivity index (χ2n) is 5.92. The van der Waals surface area contributed by atoms with Gasteiger partial charge in [0.2, 0.25) is 0 Å². The Bertz CT molecular complexity index is 335. The van der Waals surface area contributed by atoms with E-state index in [1.165, 1.54) is 25.7 Å². The summed E-state index contributed by atoms with van der Waals surface area (Å²) in [6, 6.07) is 0.0194. The number of amides is 1. The van der Waals surface area contributed by atoms with Gasteiger partial charge in [-0.15, -0.1) is 4.00 Å². The minimum absolute atomic E-state index is 0.0194. The van der Waals surface area contributed by atoms with E-state index in [0.29, 0.717) is 0 Å². The number of hydrogen-bond acceptors (Lipinski definition) is 2. The highest BCUT2D eigenvalue weighted by molar-refractivity contribution is 6.13. The molecule has 0 aromatic heterocycles. The molecule has 0 aromatic carbocycles. The Morgan fingerprint density at radius 1 is 1.12 bits per heavy atom. The Kier molecular flexibility index (Phi) is 2.96. The van der Waals surface area contributed by atoms with E-state index in [4.69, 9.17) is 11.8 Å². The quantitative estimate of drug-likeness (QED) is 0.676. The van der Waals surface area contributed by atoms with Gasteiger partial charge in [0.05, 0.1) is 0 Å². The molecule has 1 spiro atoms. The topological polar surface area (TPSA) is 29.1 Å². The third kappa shape index (κ3) is 1.66. The molecule has 3 unspecified atom stereocenters. The number of rotatable bonds is 0. The average molecular weight is 258 g/mol. The Balaban J connectivity index is 2.00. The van der Waals surface area contributed by atoms with Crippen LogP contribution in [-0.4, -0.2) is 28.2 Å². The van der Waals surface area contributed by atoms with Crippen molar-refractivity contribution in [3.8, 4) is 0 Å². The van der Waals surface area contributed by atoms with Crippen LogP contribution in [0.5, 0.6) is 0 Å². The maximum absolute atomic E-state index is 12.6. The molecule has 4 heteroatoms. The highest BCUT2D eigenvalue weighted by Gasteiger charge is 2.64. The normalized spacial score (nSPS) is 46.9. The molecule has 0 aromatic rings. The van der Waals surface area contributed by atoms with Gasteiger partial charge >= 0.3 is 5.91 Å². The molecule has 3 aliphatic rings. The van der Waals surface area contributed by atoms with E-state index in [1.807, 2.05) is 0 Å². The van der Waals surface area contributed by atoms with E-state index in [1.54, 1.807) is 0 Å². The molecule has 1 N–H and O–H groups in total. The summed E-state index contributed by atoms with van der Waals surface area (Å²) < 4.78 is 0.164. The van der Waals surface area contributed by atoms with Crippen molar-refractivity contribution >= 4 is 17.7 Å². The minimum Gasteiger partial charge on any atom is -0.248 e. The summed E-state index contributed by atoms with van der Waals surface area (Å²) in [4.78, 5) is 12.6. The number of hydrogen-bond donors (Lipinski definition) is 1. The maximum Gasteiger partial charge on any atom is 0.350 e. The fourth-order valence-electron chi connectivity index (χ4n) is 3.96. The molecule has 0 radical (unpaired) electrons. The predicted molar refractivity (Wildman–Crippen MR) is 67.2 cm³/mol. The Morgan fingerprint density at radius 3 is 2.59 bits per heavy atom. The monoisotopic (exact) mass is 257 g/mol. The molecule has 3 fully saturated rings. The Hall–Kier alpha value is -0.120. The largest absolute Gasteiger partial charge is 0.350 e. The first-order chi connectivity index (χ1) is 8.18. The summed E-state index contributed by atoms with van der Waals surface area (Å²) in [5.74, 6) is 0.246. The van der Waals surface area contributed by atoms with Crippen molar-refractivity contribution < 1.29 is 8.80 Å². The lowest BCUT2D eigenvalue weighted by Gasteiger charge is -2.38. The van der Waals surface area contributed by atoms with Gasteiger partial charge in [-0.3, -0.25) is 0 Å². The maximum atomic E-state index is 12.6. The van der Waals surface area contributed by atoms with Crippen molar-refractivity contribution in [2.75, 3.05) is 6.54 Å². The Labute approximate surface area is 108 Å². The third-order valence-corrected chi connectivity index (χ3v) is 5.57. The zero-order valence-electron chi connectivity index (χ0n) is 10.4. The molecule has 17 heavy (non-hydrogen) atoms. The van der Waals surface area contributed by atoms with Crippen LogP contribution in [-0.2, 0) is 4.79 Å². The number of carbonyl (C=O) groups excluding carboxylic acids is 1. The molecule has 3 rings (SSSR count). The number of nitrogens with one attached hydrogen (secondary N) is 1. The number of carbonyl (C=O) groups is 1. The van der Waals surface area contributed by atoms with Crippen LogP contribution in [0, 0.1) is 0 Å². The van der Waals surface area contributed by atoms with Crippen LogP contribution in [0.4, 0.5) is 0 Å². The summed E-state index contributed by atoms with van der Waals surface area (Å²) in [5, 5.41) is 3.63. The lowest BCUT2D eigenvalue weighted by molar-refractivity contribution is -0.791. The first-order valence-electron chi connectivity index (χ1n) is 7.08. The molecule has 3 aliphatic heterocycles. The molecular weight excluding hydrogens is 236 g/mol. The lowest BCUT2D eigenvalue weighted by atomic mass is 9.93. The van der Waals surface area contributed by atoms with Gasteiger partial charge in [-0.2, -0.15) is 0 Å². The van der Waals surface area contributed by atoms with E-state index >= 15 is 0 Å². The first-order valence-corrected chi connectivity index (χ1v) is 7.42. The van der Waals surface area contributed by atoms with Gasteiger partial charge in [0.25, 0.3) is 0 Å². The van der Waals surface area contributed by atoms with Crippen LogP contribution in [0.2, 0.25) is 0 Å². The number of nitrogens with zero attached hydrogens (tertiary/aromatic N) is 1. The van der Waals surface area contributed by atoms with Crippen molar-refractivity contribution in [2.24, 2.45) is 0 Å². The average Bonchev–Trinajstić information content (AvgIpc) is 2.42. The summed E-state index contributed by atoms with van der Waals surface area (Å²) in [5.41, 5.74) is -0.139. The summed E-state index contributed by atoms with van der Waals surface area (Å²) in [6.07, 6.45) is 10.3. The molecule has 3 atom stereocenters. The number of quaternary nitrogens is 1. The van der Waals surface area contributed by atoms with Gasteiger partial charge in [0.1, 0.15) is 12.6 Å². The molecule has 2 bridgehead atoms. The predicted octanol–water partition coefficient (Wildman–Crippen LogP) is 2.69. The van der Waals surface area contributed by atoms with Gasteiger partial charge in [0.15, 0.2) is 17.4 Å². The molecular formula is C13H22ClN2O+. The fraction of sp³-hybridized carbons (Fsp3) is 0.923.